The molecular formula is C30H29NO6. The first-order valence-corrected chi connectivity index (χ1v) is 12.4. The van der Waals surface area contributed by atoms with E-state index in [2.05, 4.69) is 0 Å². The number of aryl methyl sites for hydroxylation is 1. The number of likely N-dealkylation sites (tertiary alicyclic amines) is 1. The molecule has 0 aromatic heterocycles. The summed E-state index contributed by atoms with van der Waals surface area (Å²) in [6.45, 7) is 3.14. The van der Waals surface area contributed by atoms with Crippen LogP contribution in [0.15, 0.2) is 78.4 Å². The van der Waals surface area contributed by atoms with Crippen LogP contribution in [0.2, 0.25) is 0 Å². The molecule has 3 aromatic rings. The Morgan fingerprint density at radius 3 is 2.49 bits per heavy atom. The Labute approximate surface area is 215 Å². The minimum atomic E-state index is -0.792. The fraction of sp³-hybridized carbons (Fsp3) is 0.267. The highest BCUT2D eigenvalue weighted by atomic mass is 16.5. The number of phenolic OH excluding ortho intramolecular Hbond substituents is 1. The number of phenols is 1. The van der Waals surface area contributed by atoms with E-state index in [4.69, 9.17) is 9.47 Å². The van der Waals surface area contributed by atoms with Crippen LogP contribution >= 0.6 is 0 Å². The maximum Gasteiger partial charge on any atom is 0.295 e. The summed E-state index contributed by atoms with van der Waals surface area (Å²) < 4.78 is 11.7. The number of aromatic hydroxyl groups is 1. The lowest BCUT2D eigenvalue weighted by molar-refractivity contribution is -0.140. The molecule has 3 aromatic carbocycles. The minimum Gasteiger partial charge on any atom is -0.508 e. The van der Waals surface area contributed by atoms with E-state index >= 15 is 0 Å². The molecule has 7 heteroatoms. The molecule has 2 atom stereocenters. The van der Waals surface area contributed by atoms with Crippen molar-refractivity contribution in [2.45, 2.75) is 38.5 Å². The van der Waals surface area contributed by atoms with Crippen LogP contribution in [0.5, 0.6) is 11.5 Å². The van der Waals surface area contributed by atoms with E-state index in [9.17, 15) is 19.8 Å². The number of carbonyl (C=O) groups excluding carboxylic acids is 2. The summed E-state index contributed by atoms with van der Waals surface area (Å²) in [4.78, 5) is 27.9. The van der Waals surface area contributed by atoms with Crippen molar-refractivity contribution in [3.63, 3.8) is 0 Å². The topological polar surface area (TPSA) is 96.3 Å². The highest BCUT2D eigenvalue weighted by Crippen LogP contribution is 2.41. The molecule has 190 valence electrons. The first-order valence-electron chi connectivity index (χ1n) is 12.4. The Kier molecular flexibility index (Phi) is 6.97. The van der Waals surface area contributed by atoms with Crippen molar-refractivity contribution in [3.8, 4) is 11.5 Å². The minimum absolute atomic E-state index is 0.0195. The molecule has 5 rings (SSSR count). The molecule has 37 heavy (non-hydrogen) atoms. The van der Waals surface area contributed by atoms with Crippen molar-refractivity contribution >= 4 is 17.4 Å². The molecule has 2 aliphatic rings. The van der Waals surface area contributed by atoms with Gasteiger partial charge in [-0.2, -0.15) is 0 Å². The number of aliphatic hydroxyl groups is 1. The van der Waals surface area contributed by atoms with Crippen molar-refractivity contribution in [2.75, 3.05) is 13.2 Å². The van der Waals surface area contributed by atoms with E-state index in [0.29, 0.717) is 30.1 Å². The van der Waals surface area contributed by atoms with Crippen molar-refractivity contribution in [1.29, 1.82) is 0 Å². The fourth-order valence-corrected chi connectivity index (χ4v) is 4.93. The Hall–Kier alpha value is -4.10. The van der Waals surface area contributed by atoms with E-state index < -0.39 is 17.7 Å². The third-order valence-corrected chi connectivity index (χ3v) is 6.86. The lowest BCUT2D eigenvalue weighted by atomic mass is 9.94. The van der Waals surface area contributed by atoms with Crippen LogP contribution in [0.3, 0.4) is 0 Å². The highest BCUT2D eigenvalue weighted by molar-refractivity contribution is 6.46. The molecule has 0 saturated carbocycles. The van der Waals surface area contributed by atoms with Gasteiger partial charge in [-0.15, -0.1) is 0 Å². The number of hydrogen-bond donors (Lipinski definition) is 2. The van der Waals surface area contributed by atoms with Crippen LogP contribution in [0, 0.1) is 6.92 Å². The second-order valence-electron chi connectivity index (χ2n) is 9.43. The monoisotopic (exact) mass is 499 g/mol. The van der Waals surface area contributed by atoms with Gasteiger partial charge in [0.1, 0.15) is 23.9 Å². The average molecular weight is 500 g/mol. The Bertz CT molecular complexity index is 1330. The van der Waals surface area contributed by atoms with Crippen molar-refractivity contribution in [3.05, 3.63) is 101 Å². The number of rotatable bonds is 7. The summed E-state index contributed by atoms with van der Waals surface area (Å²) in [5.74, 6) is -0.926. The van der Waals surface area contributed by atoms with Gasteiger partial charge in [0.25, 0.3) is 11.7 Å². The van der Waals surface area contributed by atoms with Crippen LogP contribution in [-0.4, -0.2) is 46.1 Å². The molecule has 2 unspecified atom stereocenters. The maximum absolute atomic E-state index is 13.2. The van der Waals surface area contributed by atoms with E-state index in [0.717, 1.165) is 24.0 Å². The zero-order valence-corrected chi connectivity index (χ0v) is 20.6. The van der Waals surface area contributed by atoms with Gasteiger partial charge < -0.3 is 24.6 Å². The normalized spacial score (nSPS) is 20.9. The maximum atomic E-state index is 13.2. The summed E-state index contributed by atoms with van der Waals surface area (Å²) >= 11 is 0. The SMILES string of the molecule is Cc1cc(/C(O)=C2/C(=O)C(=O)N(CC3CCCO3)C2c2ccc(O)cc2)ccc1OCc1ccccc1. The van der Waals surface area contributed by atoms with Crippen molar-refractivity contribution in [2.24, 2.45) is 0 Å². The lowest BCUT2D eigenvalue weighted by Crippen LogP contribution is -2.36. The standard InChI is InChI=1S/C30H29NO6/c1-19-16-22(11-14-25(19)37-18-20-6-3-2-4-7-20)28(33)26-27(21-9-12-23(32)13-10-21)31(30(35)29(26)34)17-24-8-5-15-36-24/h2-4,6-7,9-14,16,24,27,32-33H,5,8,15,17-18H2,1H3/b28-26-. The molecule has 0 bridgehead atoms. The number of amides is 1. The number of Topliss-reactive ketones (excluding diaryl/α,β-unsaturated/α-hetero) is 1. The van der Waals surface area contributed by atoms with E-state index in [1.54, 1.807) is 30.3 Å². The molecule has 2 saturated heterocycles. The molecule has 0 radical (unpaired) electrons. The molecule has 1 amide bonds. The molecule has 0 aliphatic carbocycles. The van der Waals surface area contributed by atoms with Gasteiger partial charge in [0, 0.05) is 18.7 Å². The van der Waals surface area contributed by atoms with Gasteiger partial charge in [-0.1, -0.05) is 42.5 Å². The van der Waals surface area contributed by atoms with E-state index in [1.807, 2.05) is 37.3 Å². The predicted octanol–water partition coefficient (Wildman–Crippen LogP) is 4.88. The van der Waals surface area contributed by atoms with Gasteiger partial charge in [0.05, 0.1) is 17.7 Å². The second-order valence-corrected chi connectivity index (χ2v) is 9.43. The van der Waals surface area contributed by atoms with Crippen molar-refractivity contribution < 1.29 is 29.3 Å². The largest absolute Gasteiger partial charge is 0.508 e. The number of carbonyl (C=O) groups is 2. The Morgan fingerprint density at radius 1 is 1.05 bits per heavy atom. The van der Waals surface area contributed by atoms with E-state index in [1.165, 1.54) is 17.0 Å². The molecule has 0 spiro atoms. The number of benzene rings is 3. The van der Waals surface area contributed by atoms with E-state index in [-0.39, 0.29) is 29.7 Å². The Morgan fingerprint density at radius 2 is 1.81 bits per heavy atom. The zero-order chi connectivity index (χ0) is 25.9. The molecule has 2 aliphatic heterocycles. The lowest BCUT2D eigenvalue weighted by Gasteiger charge is -2.27. The predicted molar refractivity (Wildman–Crippen MR) is 138 cm³/mol. The number of hydrogen-bond acceptors (Lipinski definition) is 6. The Balaban J connectivity index is 1.48. The smallest absolute Gasteiger partial charge is 0.295 e. The van der Waals surface area contributed by atoms with Crippen LogP contribution in [0.4, 0.5) is 0 Å². The quantitative estimate of drug-likeness (QED) is 0.273. The average Bonchev–Trinajstić information content (AvgIpc) is 3.51. The van der Waals surface area contributed by atoms with Gasteiger partial charge in [-0.3, -0.25) is 9.59 Å². The first-order chi connectivity index (χ1) is 17.9. The van der Waals surface area contributed by atoms with Crippen molar-refractivity contribution in [1.82, 2.24) is 4.90 Å². The molecule has 7 nitrogen and oxygen atoms in total. The summed E-state index contributed by atoms with van der Waals surface area (Å²) in [5, 5.41) is 21.1. The van der Waals surface area contributed by atoms with Crippen LogP contribution in [0.1, 0.15) is 41.1 Å². The van der Waals surface area contributed by atoms with Crippen LogP contribution in [0.25, 0.3) is 5.76 Å². The number of nitrogens with zero attached hydrogens (tertiary/aromatic N) is 1. The summed E-state index contributed by atoms with van der Waals surface area (Å²) in [6.07, 6.45) is 1.53. The summed E-state index contributed by atoms with van der Waals surface area (Å²) in [5.41, 5.74) is 2.88. The fourth-order valence-electron chi connectivity index (χ4n) is 4.93. The summed E-state index contributed by atoms with van der Waals surface area (Å²) in [6, 6.07) is 20.5. The molecule has 2 fully saturated rings. The number of aliphatic hydroxyl groups excluding tert-OH is 1. The van der Waals surface area contributed by atoms with Gasteiger partial charge in [-0.25, -0.2) is 0 Å². The number of ketones is 1. The summed E-state index contributed by atoms with van der Waals surface area (Å²) in [7, 11) is 0. The molecule has 2 N–H and O–H groups in total. The zero-order valence-electron chi connectivity index (χ0n) is 20.6. The molecule has 2 heterocycles. The second kappa shape index (κ2) is 10.5. The van der Waals surface area contributed by atoms with Gasteiger partial charge in [-0.05, 0) is 66.8 Å². The first kappa shape index (κ1) is 24.6. The van der Waals surface area contributed by atoms with Gasteiger partial charge >= 0.3 is 0 Å². The third-order valence-electron chi connectivity index (χ3n) is 6.86. The molecular weight excluding hydrogens is 470 g/mol. The third kappa shape index (κ3) is 5.08. The van der Waals surface area contributed by atoms with Gasteiger partial charge in [0.15, 0.2) is 0 Å². The van der Waals surface area contributed by atoms with Crippen LogP contribution in [-0.2, 0) is 20.9 Å². The van der Waals surface area contributed by atoms with Gasteiger partial charge in [0.2, 0.25) is 0 Å². The van der Waals surface area contributed by atoms with Crippen LogP contribution < -0.4 is 4.74 Å². The number of ether oxygens (including phenoxy) is 2. The highest BCUT2D eigenvalue weighted by Gasteiger charge is 2.47.